The third kappa shape index (κ3) is 5.38. The predicted molar refractivity (Wildman–Crippen MR) is 88.2 cm³/mol. The first-order chi connectivity index (χ1) is 10.0. The summed E-state index contributed by atoms with van der Waals surface area (Å²) in [5.74, 6) is 0. The maximum absolute atomic E-state index is 4.62. The van der Waals surface area contributed by atoms with Gasteiger partial charge in [-0.2, -0.15) is 0 Å². The molecule has 21 heavy (non-hydrogen) atoms. The zero-order valence-electron chi connectivity index (χ0n) is 14.0. The van der Waals surface area contributed by atoms with Gasteiger partial charge >= 0.3 is 0 Å². The lowest BCUT2D eigenvalue weighted by molar-refractivity contribution is 0.128. The molecule has 1 unspecified atom stereocenters. The van der Waals surface area contributed by atoms with Crippen LogP contribution in [0.25, 0.3) is 0 Å². The SMILES string of the molecule is CC(C)NCc1ccc(CN(C)C2CCCN(C)C2)nc1. The summed E-state index contributed by atoms with van der Waals surface area (Å²) >= 11 is 0. The molecule has 4 nitrogen and oxygen atoms in total. The summed E-state index contributed by atoms with van der Waals surface area (Å²) in [6.45, 7) is 8.58. The third-order valence-electron chi connectivity index (χ3n) is 4.23. The molecule has 2 heterocycles. The van der Waals surface area contributed by atoms with Gasteiger partial charge < -0.3 is 10.2 Å². The molecule has 0 spiro atoms. The van der Waals surface area contributed by atoms with Gasteiger partial charge in [-0.3, -0.25) is 9.88 Å². The molecule has 1 fully saturated rings. The van der Waals surface area contributed by atoms with Crippen LogP contribution in [0, 0.1) is 0 Å². The van der Waals surface area contributed by atoms with Crippen molar-refractivity contribution in [3.05, 3.63) is 29.6 Å². The van der Waals surface area contributed by atoms with Crippen molar-refractivity contribution in [1.29, 1.82) is 0 Å². The lowest BCUT2D eigenvalue weighted by atomic mass is 10.0. The molecule has 1 aromatic rings. The van der Waals surface area contributed by atoms with Crippen LogP contribution in [0.5, 0.6) is 0 Å². The van der Waals surface area contributed by atoms with Crippen molar-refractivity contribution >= 4 is 0 Å². The van der Waals surface area contributed by atoms with Crippen LogP contribution >= 0.6 is 0 Å². The van der Waals surface area contributed by atoms with Gasteiger partial charge in [0, 0.05) is 37.9 Å². The van der Waals surface area contributed by atoms with Crippen molar-refractivity contribution in [2.45, 2.75) is 51.9 Å². The van der Waals surface area contributed by atoms with E-state index in [-0.39, 0.29) is 0 Å². The van der Waals surface area contributed by atoms with Gasteiger partial charge in [0.2, 0.25) is 0 Å². The molecule has 0 bridgehead atoms. The van der Waals surface area contributed by atoms with E-state index in [1.807, 2.05) is 6.20 Å². The number of piperidine rings is 1. The molecule has 4 heteroatoms. The van der Waals surface area contributed by atoms with E-state index in [0.717, 1.165) is 13.1 Å². The highest BCUT2D eigenvalue weighted by atomic mass is 15.2. The summed E-state index contributed by atoms with van der Waals surface area (Å²) in [6, 6.07) is 5.53. The van der Waals surface area contributed by atoms with Crippen molar-refractivity contribution in [3.8, 4) is 0 Å². The molecule has 1 atom stereocenters. The number of pyridine rings is 1. The van der Waals surface area contributed by atoms with Gasteiger partial charge in [-0.15, -0.1) is 0 Å². The highest BCUT2D eigenvalue weighted by Crippen LogP contribution is 2.15. The van der Waals surface area contributed by atoms with Crippen molar-refractivity contribution in [2.24, 2.45) is 0 Å². The molecule has 0 radical (unpaired) electrons. The Bertz CT molecular complexity index is 415. The van der Waals surface area contributed by atoms with Gasteiger partial charge in [0.25, 0.3) is 0 Å². The number of aromatic nitrogens is 1. The number of likely N-dealkylation sites (tertiary alicyclic amines) is 1. The molecule has 2 rings (SSSR count). The Morgan fingerprint density at radius 1 is 1.43 bits per heavy atom. The van der Waals surface area contributed by atoms with Crippen LogP contribution in [0.3, 0.4) is 0 Å². The second kappa shape index (κ2) is 7.87. The highest BCUT2D eigenvalue weighted by molar-refractivity contribution is 5.14. The van der Waals surface area contributed by atoms with Crippen molar-refractivity contribution in [1.82, 2.24) is 20.1 Å². The Morgan fingerprint density at radius 2 is 2.24 bits per heavy atom. The maximum atomic E-state index is 4.62. The molecule has 1 aliphatic rings. The fraction of sp³-hybridized carbons (Fsp3) is 0.706. The minimum absolute atomic E-state index is 0.513. The molecule has 0 saturated carbocycles. The monoisotopic (exact) mass is 290 g/mol. The molecule has 0 aromatic carbocycles. The smallest absolute Gasteiger partial charge is 0.0544 e. The van der Waals surface area contributed by atoms with Gasteiger partial charge in [-0.05, 0) is 45.1 Å². The minimum atomic E-state index is 0.513. The van der Waals surface area contributed by atoms with Crippen LogP contribution in [0.15, 0.2) is 18.3 Å². The molecule has 0 aliphatic carbocycles. The van der Waals surface area contributed by atoms with Gasteiger partial charge in [-0.1, -0.05) is 19.9 Å². The van der Waals surface area contributed by atoms with E-state index in [0.29, 0.717) is 12.1 Å². The largest absolute Gasteiger partial charge is 0.310 e. The molecule has 118 valence electrons. The van der Waals surface area contributed by atoms with Crippen LogP contribution in [0.4, 0.5) is 0 Å². The topological polar surface area (TPSA) is 31.4 Å². The van der Waals surface area contributed by atoms with E-state index in [1.165, 1.54) is 37.2 Å². The fourth-order valence-corrected chi connectivity index (χ4v) is 2.86. The number of hydrogen-bond acceptors (Lipinski definition) is 4. The molecule has 1 N–H and O–H groups in total. The molecule has 1 saturated heterocycles. The Kier molecular flexibility index (Phi) is 6.15. The van der Waals surface area contributed by atoms with Gasteiger partial charge in [-0.25, -0.2) is 0 Å². The number of nitrogens with zero attached hydrogens (tertiary/aromatic N) is 3. The average molecular weight is 290 g/mol. The van der Waals surface area contributed by atoms with E-state index in [9.17, 15) is 0 Å². The summed E-state index contributed by atoms with van der Waals surface area (Å²) < 4.78 is 0. The van der Waals surface area contributed by atoms with Crippen LogP contribution in [0.1, 0.15) is 37.9 Å². The van der Waals surface area contributed by atoms with E-state index in [1.54, 1.807) is 0 Å². The summed E-state index contributed by atoms with van der Waals surface area (Å²) in [5, 5.41) is 3.42. The quantitative estimate of drug-likeness (QED) is 0.869. The van der Waals surface area contributed by atoms with Gasteiger partial charge in [0.1, 0.15) is 0 Å². The zero-order valence-corrected chi connectivity index (χ0v) is 14.0. The first-order valence-corrected chi connectivity index (χ1v) is 8.10. The summed E-state index contributed by atoms with van der Waals surface area (Å²) in [7, 11) is 4.44. The zero-order chi connectivity index (χ0) is 15.2. The summed E-state index contributed by atoms with van der Waals surface area (Å²) in [4.78, 5) is 9.49. The molecule has 0 amide bonds. The average Bonchev–Trinajstić information content (AvgIpc) is 2.46. The maximum Gasteiger partial charge on any atom is 0.0544 e. The van der Waals surface area contributed by atoms with E-state index in [4.69, 9.17) is 0 Å². The predicted octanol–water partition coefficient (Wildman–Crippen LogP) is 2.11. The molecule has 1 aromatic heterocycles. The Morgan fingerprint density at radius 3 is 2.86 bits per heavy atom. The van der Waals surface area contributed by atoms with Crippen LogP contribution in [-0.4, -0.2) is 54.1 Å². The normalized spacial score (nSPS) is 20.4. The minimum Gasteiger partial charge on any atom is -0.310 e. The highest BCUT2D eigenvalue weighted by Gasteiger charge is 2.21. The molecular formula is C17H30N4. The van der Waals surface area contributed by atoms with E-state index >= 15 is 0 Å². The molecular weight excluding hydrogens is 260 g/mol. The second-order valence-corrected chi connectivity index (χ2v) is 6.67. The first-order valence-electron chi connectivity index (χ1n) is 8.10. The second-order valence-electron chi connectivity index (χ2n) is 6.67. The van der Waals surface area contributed by atoms with Crippen molar-refractivity contribution in [3.63, 3.8) is 0 Å². The lowest BCUT2D eigenvalue weighted by Crippen LogP contribution is -2.44. The number of hydrogen-bond donors (Lipinski definition) is 1. The van der Waals surface area contributed by atoms with Gasteiger partial charge in [0.15, 0.2) is 0 Å². The van der Waals surface area contributed by atoms with Crippen LogP contribution in [0.2, 0.25) is 0 Å². The Hall–Kier alpha value is -0.970. The van der Waals surface area contributed by atoms with Crippen LogP contribution < -0.4 is 5.32 Å². The Labute approximate surface area is 129 Å². The van der Waals surface area contributed by atoms with Crippen LogP contribution in [-0.2, 0) is 13.1 Å². The van der Waals surface area contributed by atoms with Crippen molar-refractivity contribution in [2.75, 3.05) is 27.2 Å². The number of rotatable bonds is 6. The number of nitrogens with one attached hydrogen (secondary N) is 1. The number of likely N-dealkylation sites (N-methyl/N-ethyl adjacent to an activating group) is 2. The third-order valence-corrected chi connectivity index (χ3v) is 4.23. The fourth-order valence-electron chi connectivity index (χ4n) is 2.86. The first kappa shape index (κ1) is 16.4. The summed E-state index contributed by atoms with van der Waals surface area (Å²) in [6.07, 6.45) is 4.61. The lowest BCUT2D eigenvalue weighted by Gasteiger charge is -2.35. The standard InChI is InChI=1S/C17H30N4/c1-14(2)18-10-15-7-8-16(19-11-15)12-21(4)17-6-5-9-20(3)13-17/h7-8,11,14,17-18H,5-6,9-10,12-13H2,1-4H3. The Balaban J connectivity index is 1.84. The van der Waals surface area contributed by atoms with E-state index < -0.39 is 0 Å². The molecule has 1 aliphatic heterocycles. The van der Waals surface area contributed by atoms with E-state index in [2.05, 4.69) is 60.2 Å². The summed E-state index contributed by atoms with van der Waals surface area (Å²) in [5.41, 5.74) is 2.42. The van der Waals surface area contributed by atoms with Gasteiger partial charge in [0.05, 0.1) is 5.69 Å². The van der Waals surface area contributed by atoms with Crippen molar-refractivity contribution < 1.29 is 0 Å².